The number of ketones is 1. The van der Waals surface area contributed by atoms with Crippen molar-refractivity contribution in [2.75, 3.05) is 13.1 Å². The number of Topliss-reactive ketones (excluding diaryl/α,β-unsaturated/α-hetero) is 1. The second-order valence-electron chi connectivity index (χ2n) is 6.68. The van der Waals surface area contributed by atoms with Gasteiger partial charge in [0, 0.05) is 30.9 Å². The molecule has 0 bridgehead atoms. The maximum Gasteiger partial charge on any atom is 0.251 e. The molecule has 2 heterocycles. The summed E-state index contributed by atoms with van der Waals surface area (Å²) in [6.45, 7) is 4.52. The number of hydrogen-bond acceptors (Lipinski definition) is 4. The van der Waals surface area contributed by atoms with Gasteiger partial charge in [0.15, 0.2) is 5.78 Å². The number of aromatic nitrogens is 1. The molecular formula is C19H22N2O4S. The number of pyridine rings is 1. The van der Waals surface area contributed by atoms with Crippen molar-refractivity contribution < 1.29 is 13.2 Å². The van der Waals surface area contributed by atoms with Gasteiger partial charge >= 0.3 is 0 Å². The number of hydrogen-bond donors (Lipinski definition) is 0. The number of sulfonamides is 1. The Morgan fingerprint density at radius 1 is 1.08 bits per heavy atom. The van der Waals surface area contributed by atoms with Crippen LogP contribution in [0.1, 0.15) is 34.3 Å². The fourth-order valence-corrected chi connectivity index (χ4v) is 4.68. The van der Waals surface area contributed by atoms with E-state index < -0.39 is 15.6 Å². The number of benzene rings is 1. The first kappa shape index (κ1) is 18.5. The van der Waals surface area contributed by atoms with E-state index in [-0.39, 0.29) is 17.2 Å². The van der Waals surface area contributed by atoms with Gasteiger partial charge in [0.05, 0.1) is 11.4 Å². The molecule has 0 saturated carbocycles. The fourth-order valence-electron chi connectivity index (χ4n) is 3.14. The second kappa shape index (κ2) is 7.17. The third-order valence-electron chi connectivity index (χ3n) is 4.67. The molecule has 7 heteroatoms. The highest BCUT2D eigenvalue weighted by atomic mass is 32.2. The highest BCUT2D eigenvalue weighted by molar-refractivity contribution is 7.89. The summed E-state index contributed by atoms with van der Waals surface area (Å²) in [5, 5.41) is 0. The average molecular weight is 374 g/mol. The largest absolute Gasteiger partial charge is 0.306 e. The van der Waals surface area contributed by atoms with Gasteiger partial charge in [0.1, 0.15) is 0 Å². The lowest BCUT2D eigenvalue weighted by atomic mass is 10.0. The quantitative estimate of drug-likeness (QED) is 0.752. The van der Waals surface area contributed by atoms with Crippen molar-refractivity contribution in [2.45, 2.75) is 38.1 Å². The number of carbonyl (C=O) groups is 1. The Hall–Kier alpha value is -2.25. The molecule has 0 amide bonds. The van der Waals surface area contributed by atoms with Crippen LogP contribution in [0.2, 0.25) is 0 Å². The normalized spacial score (nSPS) is 15.3. The lowest BCUT2D eigenvalue weighted by Crippen LogP contribution is -2.30. The molecule has 1 aliphatic rings. The van der Waals surface area contributed by atoms with E-state index in [1.54, 1.807) is 6.07 Å². The summed E-state index contributed by atoms with van der Waals surface area (Å²) in [4.78, 5) is 24.8. The summed E-state index contributed by atoms with van der Waals surface area (Å²) in [5.74, 6) is -0.218. The maximum absolute atomic E-state index is 12.7. The van der Waals surface area contributed by atoms with Crippen LogP contribution in [0.5, 0.6) is 0 Å². The number of carbonyl (C=O) groups excluding carboxylic acids is 1. The van der Waals surface area contributed by atoms with E-state index in [1.807, 2.05) is 26.0 Å². The molecule has 0 aliphatic carbocycles. The van der Waals surface area contributed by atoms with Crippen LogP contribution in [0.15, 0.2) is 46.2 Å². The summed E-state index contributed by atoms with van der Waals surface area (Å²) in [6.07, 6.45) is 2.95. The molecule has 26 heavy (non-hydrogen) atoms. The van der Waals surface area contributed by atoms with Crippen molar-refractivity contribution in [3.05, 3.63) is 63.6 Å². The van der Waals surface area contributed by atoms with Crippen molar-refractivity contribution in [3.8, 4) is 0 Å². The highest BCUT2D eigenvalue weighted by Crippen LogP contribution is 2.20. The zero-order valence-corrected chi connectivity index (χ0v) is 15.8. The van der Waals surface area contributed by atoms with E-state index in [1.165, 1.54) is 27.2 Å². The summed E-state index contributed by atoms with van der Waals surface area (Å²) in [5.41, 5.74) is 1.93. The van der Waals surface area contributed by atoms with E-state index in [2.05, 4.69) is 0 Å². The predicted octanol–water partition coefficient (Wildman–Crippen LogP) is 2.13. The summed E-state index contributed by atoms with van der Waals surface area (Å²) < 4.78 is 28.0. The van der Waals surface area contributed by atoms with Gasteiger partial charge in [-0.3, -0.25) is 9.59 Å². The number of rotatable bonds is 5. The molecule has 0 spiro atoms. The number of nitrogens with zero attached hydrogens (tertiary/aromatic N) is 2. The van der Waals surface area contributed by atoms with Gasteiger partial charge in [-0.15, -0.1) is 0 Å². The highest BCUT2D eigenvalue weighted by Gasteiger charge is 2.27. The van der Waals surface area contributed by atoms with E-state index >= 15 is 0 Å². The SMILES string of the molecule is Cc1ccc(C)c(C(=O)Cn2cc(S(=O)(=O)N3CCCC3)ccc2=O)c1. The Labute approximate surface area is 153 Å². The van der Waals surface area contributed by atoms with Crippen LogP contribution < -0.4 is 5.56 Å². The van der Waals surface area contributed by atoms with Crippen LogP contribution in [0.3, 0.4) is 0 Å². The van der Waals surface area contributed by atoms with E-state index in [4.69, 9.17) is 0 Å². The molecule has 0 atom stereocenters. The topological polar surface area (TPSA) is 76.5 Å². The van der Waals surface area contributed by atoms with Gasteiger partial charge in [-0.1, -0.05) is 17.7 Å². The third kappa shape index (κ3) is 3.64. The second-order valence-corrected chi connectivity index (χ2v) is 8.62. The van der Waals surface area contributed by atoms with Crippen LogP contribution in [0, 0.1) is 13.8 Å². The minimum absolute atomic E-state index is 0.0489. The van der Waals surface area contributed by atoms with Gasteiger partial charge < -0.3 is 4.57 Å². The van der Waals surface area contributed by atoms with Gasteiger partial charge in [-0.05, 0) is 44.4 Å². The third-order valence-corrected chi connectivity index (χ3v) is 6.55. The molecule has 3 rings (SSSR count). The Morgan fingerprint density at radius 2 is 1.77 bits per heavy atom. The molecule has 1 aromatic carbocycles. The van der Waals surface area contributed by atoms with Gasteiger partial charge in [-0.2, -0.15) is 4.31 Å². The van der Waals surface area contributed by atoms with Crippen molar-refractivity contribution in [2.24, 2.45) is 0 Å². The van der Waals surface area contributed by atoms with Crippen LogP contribution >= 0.6 is 0 Å². The molecule has 2 aromatic rings. The zero-order chi connectivity index (χ0) is 18.9. The smallest absolute Gasteiger partial charge is 0.251 e. The summed E-state index contributed by atoms with van der Waals surface area (Å²) in [7, 11) is -3.63. The Bertz CT molecular complexity index is 1000. The first-order chi connectivity index (χ1) is 12.3. The van der Waals surface area contributed by atoms with Crippen molar-refractivity contribution >= 4 is 15.8 Å². The van der Waals surface area contributed by atoms with Crippen molar-refractivity contribution in [1.82, 2.24) is 8.87 Å². The lowest BCUT2D eigenvalue weighted by Gasteiger charge is -2.16. The Morgan fingerprint density at radius 3 is 2.46 bits per heavy atom. The summed E-state index contributed by atoms with van der Waals surface area (Å²) >= 11 is 0. The first-order valence-electron chi connectivity index (χ1n) is 8.60. The molecular weight excluding hydrogens is 352 g/mol. The van der Waals surface area contributed by atoms with Crippen molar-refractivity contribution in [1.29, 1.82) is 0 Å². The lowest BCUT2D eigenvalue weighted by molar-refractivity contribution is 0.0970. The summed E-state index contributed by atoms with van der Waals surface area (Å²) in [6, 6.07) is 8.09. The Balaban J connectivity index is 1.92. The molecule has 1 aromatic heterocycles. The predicted molar refractivity (Wildman–Crippen MR) is 98.9 cm³/mol. The average Bonchev–Trinajstić information content (AvgIpc) is 3.14. The Kier molecular flexibility index (Phi) is 5.11. The molecule has 138 valence electrons. The van der Waals surface area contributed by atoms with Crippen LogP contribution in [-0.2, 0) is 16.6 Å². The zero-order valence-electron chi connectivity index (χ0n) is 14.9. The number of aryl methyl sites for hydroxylation is 2. The van der Waals surface area contributed by atoms with Gasteiger partial charge in [-0.25, -0.2) is 8.42 Å². The van der Waals surface area contributed by atoms with E-state index in [0.29, 0.717) is 18.7 Å². The first-order valence-corrected chi connectivity index (χ1v) is 10.0. The minimum atomic E-state index is -3.63. The fraction of sp³-hybridized carbons (Fsp3) is 0.368. The van der Waals surface area contributed by atoms with Gasteiger partial charge in [0.25, 0.3) is 5.56 Å². The van der Waals surface area contributed by atoms with Crippen LogP contribution in [0.4, 0.5) is 0 Å². The molecule has 0 unspecified atom stereocenters. The maximum atomic E-state index is 12.7. The minimum Gasteiger partial charge on any atom is -0.306 e. The molecule has 1 aliphatic heterocycles. The van der Waals surface area contributed by atoms with E-state index in [9.17, 15) is 18.0 Å². The molecule has 1 fully saturated rings. The molecule has 6 nitrogen and oxygen atoms in total. The van der Waals surface area contributed by atoms with Crippen LogP contribution in [0.25, 0.3) is 0 Å². The van der Waals surface area contributed by atoms with Crippen LogP contribution in [-0.4, -0.2) is 36.2 Å². The monoisotopic (exact) mass is 374 g/mol. The van der Waals surface area contributed by atoms with Gasteiger partial charge in [0.2, 0.25) is 10.0 Å². The van der Waals surface area contributed by atoms with E-state index in [0.717, 1.165) is 24.0 Å². The molecule has 0 radical (unpaired) electrons. The van der Waals surface area contributed by atoms with Crippen molar-refractivity contribution in [3.63, 3.8) is 0 Å². The molecule has 1 saturated heterocycles. The standard InChI is InChI=1S/C19H22N2O4S/c1-14-5-6-15(2)17(11-14)18(22)13-20-12-16(7-8-19(20)23)26(24,25)21-9-3-4-10-21/h5-8,11-12H,3-4,9-10,13H2,1-2H3. The molecule has 0 N–H and O–H groups in total.